The summed E-state index contributed by atoms with van der Waals surface area (Å²) in [7, 11) is 0. The van der Waals surface area contributed by atoms with E-state index in [2.05, 4.69) is 20.0 Å². The molecular weight excluding hydrogens is 282 g/mol. The first-order chi connectivity index (χ1) is 10.8. The standard InChI is InChI=1S/C15H15N5O2/c21-8-9-2-1-5-20(9)13(22)6-12-18-11-7-17-15-10(3-4-16-15)14(11)19-12/h3-4,7,9,21H,1-2,5-6,8H2/t9-/m0/s1. The lowest BCUT2D eigenvalue weighted by Crippen LogP contribution is -2.38. The number of carbonyl (C=O) groups is 1. The normalized spacial score (nSPS) is 21.2. The van der Waals surface area contributed by atoms with Crippen molar-refractivity contribution in [2.24, 2.45) is 15.0 Å². The van der Waals surface area contributed by atoms with E-state index in [1.807, 2.05) is 6.08 Å². The van der Waals surface area contributed by atoms with Crippen LogP contribution in [0.25, 0.3) is 6.08 Å². The molecule has 3 aliphatic rings. The lowest BCUT2D eigenvalue weighted by Gasteiger charge is -2.22. The number of hydrogen-bond donors (Lipinski definition) is 1. The van der Waals surface area contributed by atoms with Crippen molar-refractivity contribution >= 4 is 23.5 Å². The Balaban J connectivity index is 1.57. The fourth-order valence-electron chi connectivity index (χ4n) is 3.10. The van der Waals surface area contributed by atoms with E-state index in [-0.39, 0.29) is 25.0 Å². The molecule has 1 aromatic heterocycles. The minimum Gasteiger partial charge on any atom is -0.394 e. The lowest BCUT2D eigenvalue weighted by molar-refractivity contribution is -0.131. The minimum atomic E-state index is -0.0653. The Morgan fingerprint density at radius 2 is 2.32 bits per heavy atom. The number of nitrogens with zero attached hydrogens (tertiary/aromatic N) is 5. The van der Waals surface area contributed by atoms with Gasteiger partial charge in [0.15, 0.2) is 5.49 Å². The molecule has 0 saturated carbocycles. The Morgan fingerprint density at radius 3 is 3.18 bits per heavy atom. The molecule has 3 aliphatic heterocycles. The smallest absolute Gasteiger partial charge is 0.230 e. The maximum Gasteiger partial charge on any atom is 0.230 e. The number of aliphatic imine (C=N–C) groups is 1. The third kappa shape index (κ3) is 2.05. The van der Waals surface area contributed by atoms with E-state index >= 15 is 0 Å². The Kier molecular flexibility index (Phi) is 3.07. The second kappa shape index (κ2) is 5.10. The molecule has 1 atom stereocenters. The maximum atomic E-state index is 12.4. The molecule has 1 aromatic rings. The summed E-state index contributed by atoms with van der Waals surface area (Å²) in [6.45, 7) is 0.710. The van der Waals surface area contributed by atoms with Gasteiger partial charge < -0.3 is 10.0 Å². The van der Waals surface area contributed by atoms with Crippen LogP contribution in [0.4, 0.5) is 5.69 Å². The summed E-state index contributed by atoms with van der Waals surface area (Å²) in [6, 6.07) is -0.0653. The number of aromatic nitrogens is 1. The molecule has 4 rings (SSSR count). The molecule has 112 valence electrons. The van der Waals surface area contributed by atoms with Crippen LogP contribution in [0.3, 0.4) is 0 Å². The predicted octanol–water partition coefficient (Wildman–Crippen LogP) is -0.278. The van der Waals surface area contributed by atoms with Crippen LogP contribution in [0.15, 0.2) is 27.4 Å². The summed E-state index contributed by atoms with van der Waals surface area (Å²) in [4.78, 5) is 31.3. The Labute approximate surface area is 126 Å². The van der Waals surface area contributed by atoms with Crippen molar-refractivity contribution < 1.29 is 9.90 Å². The Bertz CT molecular complexity index is 827. The number of hydrogen-bond acceptors (Lipinski definition) is 6. The van der Waals surface area contributed by atoms with Crippen molar-refractivity contribution in [3.63, 3.8) is 0 Å². The molecule has 1 N–H and O–H groups in total. The van der Waals surface area contributed by atoms with Gasteiger partial charge in [0.25, 0.3) is 0 Å². The maximum absolute atomic E-state index is 12.4. The van der Waals surface area contributed by atoms with Crippen LogP contribution in [-0.4, -0.2) is 45.9 Å². The summed E-state index contributed by atoms with van der Waals surface area (Å²) in [5.74, 6) is 0.468. The number of pyridine rings is 1. The number of fused-ring (bicyclic) bond motifs is 3. The zero-order valence-electron chi connectivity index (χ0n) is 11.9. The van der Waals surface area contributed by atoms with Crippen LogP contribution in [0.5, 0.6) is 0 Å². The van der Waals surface area contributed by atoms with Gasteiger partial charge in [0.2, 0.25) is 5.91 Å². The average molecular weight is 297 g/mol. The van der Waals surface area contributed by atoms with Crippen LogP contribution in [-0.2, 0) is 4.79 Å². The van der Waals surface area contributed by atoms with Gasteiger partial charge in [-0.25, -0.2) is 20.0 Å². The highest BCUT2D eigenvalue weighted by Crippen LogP contribution is 2.21. The van der Waals surface area contributed by atoms with Gasteiger partial charge in [-0.3, -0.25) is 4.79 Å². The van der Waals surface area contributed by atoms with Gasteiger partial charge in [-0.1, -0.05) is 0 Å². The highest BCUT2D eigenvalue weighted by molar-refractivity contribution is 6.03. The van der Waals surface area contributed by atoms with Gasteiger partial charge >= 0.3 is 0 Å². The molecule has 0 spiro atoms. The van der Waals surface area contributed by atoms with E-state index < -0.39 is 0 Å². The van der Waals surface area contributed by atoms with Gasteiger partial charge in [0, 0.05) is 18.3 Å². The number of rotatable bonds is 3. The molecule has 0 aliphatic carbocycles. The van der Waals surface area contributed by atoms with Gasteiger partial charge in [-0.05, 0) is 18.9 Å². The number of likely N-dealkylation sites (tertiary alicyclic amines) is 1. The largest absolute Gasteiger partial charge is 0.394 e. The molecular formula is C15H15N5O2. The van der Waals surface area contributed by atoms with Crippen molar-refractivity contribution in [2.75, 3.05) is 13.2 Å². The summed E-state index contributed by atoms with van der Waals surface area (Å²) >= 11 is 0. The first-order valence-electron chi connectivity index (χ1n) is 7.36. The topological polar surface area (TPSA) is 90.5 Å². The van der Waals surface area contributed by atoms with E-state index in [1.54, 1.807) is 17.3 Å². The highest BCUT2D eigenvalue weighted by atomic mass is 16.3. The van der Waals surface area contributed by atoms with Crippen molar-refractivity contribution in [3.8, 4) is 0 Å². The molecule has 0 unspecified atom stereocenters. The average Bonchev–Trinajstić information content (AvgIpc) is 3.24. The van der Waals surface area contributed by atoms with Crippen molar-refractivity contribution in [1.29, 1.82) is 0 Å². The van der Waals surface area contributed by atoms with Crippen LogP contribution in [0.1, 0.15) is 24.8 Å². The van der Waals surface area contributed by atoms with Crippen LogP contribution >= 0.6 is 0 Å². The monoisotopic (exact) mass is 297 g/mol. The molecule has 7 nitrogen and oxygen atoms in total. The van der Waals surface area contributed by atoms with E-state index in [9.17, 15) is 9.90 Å². The summed E-state index contributed by atoms with van der Waals surface area (Å²) in [5.41, 5.74) is 2.24. The first-order valence-corrected chi connectivity index (χ1v) is 7.36. The number of carbonyl (C=O) groups excluding carboxylic acids is 1. The third-order valence-corrected chi connectivity index (χ3v) is 4.19. The second-order valence-corrected chi connectivity index (χ2v) is 5.56. The summed E-state index contributed by atoms with van der Waals surface area (Å²) < 4.78 is 0. The zero-order valence-corrected chi connectivity index (χ0v) is 11.9. The van der Waals surface area contributed by atoms with E-state index in [0.717, 1.165) is 24.1 Å². The Morgan fingerprint density at radius 1 is 1.41 bits per heavy atom. The van der Waals surface area contributed by atoms with Crippen LogP contribution in [0.2, 0.25) is 0 Å². The quantitative estimate of drug-likeness (QED) is 0.832. The van der Waals surface area contributed by atoms with Gasteiger partial charge in [-0.15, -0.1) is 0 Å². The third-order valence-electron chi connectivity index (χ3n) is 4.19. The predicted molar refractivity (Wildman–Crippen MR) is 79.1 cm³/mol. The first kappa shape index (κ1) is 13.3. The molecule has 0 radical (unpaired) electrons. The van der Waals surface area contributed by atoms with Gasteiger partial charge in [0.1, 0.15) is 16.9 Å². The minimum absolute atomic E-state index is 0.0132. The van der Waals surface area contributed by atoms with Crippen LogP contribution in [0, 0.1) is 0 Å². The summed E-state index contributed by atoms with van der Waals surface area (Å²) in [5, 5.41) is 10.0. The molecule has 7 heteroatoms. The van der Waals surface area contributed by atoms with Crippen molar-refractivity contribution in [2.45, 2.75) is 25.3 Å². The zero-order chi connectivity index (χ0) is 15.1. The molecule has 1 amide bonds. The van der Waals surface area contributed by atoms with Gasteiger partial charge in [-0.2, -0.15) is 0 Å². The SMILES string of the molecule is O=C(CC1=Nc2c3c(ncc2=N1)=NC=C3)N1CCC[C@H]1CO. The fourth-order valence-corrected chi connectivity index (χ4v) is 3.10. The highest BCUT2D eigenvalue weighted by Gasteiger charge is 2.29. The van der Waals surface area contributed by atoms with Crippen molar-refractivity contribution in [3.05, 3.63) is 28.8 Å². The van der Waals surface area contributed by atoms with E-state index in [1.165, 1.54) is 0 Å². The lowest BCUT2D eigenvalue weighted by atomic mass is 10.2. The van der Waals surface area contributed by atoms with E-state index in [0.29, 0.717) is 23.2 Å². The van der Waals surface area contributed by atoms with Crippen LogP contribution < -0.4 is 10.8 Å². The molecule has 4 heterocycles. The van der Waals surface area contributed by atoms with Crippen molar-refractivity contribution in [1.82, 2.24) is 9.88 Å². The number of amides is 1. The Hall–Kier alpha value is -2.41. The number of aliphatic hydroxyl groups excluding tert-OH is 1. The molecule has 1 saturated heterocycles. The molecule has 0 aromatic carbocycles. The van der Waals surface area contributed by atoms with Gasteiger partial charge in [0.05, 0.1) is 25.3 Å². The van der Waals surface area contributed by atoms with E-state index in [4.69, 9.17) is 0 Å². The molecule has 22 heavy (non-hydrogen) atoms. The molecule has 0 bridgehead atoms. The molecule has 1 fully saturated rings. The number of amidine groups is 1. The second-order valence-electron chi connectivity index (χ2n) is 5.56. The number of aliphatic hydroxyl groups is 1. The summed E-state index contributed by atoms with van der Waals surface area (Å²) in [6.07, 6.45) is 7.12. The fraction of sp³-hybridized carbons (Fsp3) is 0.400.